The summed E-state index contributed by atoms with van der Waals surface area (Å²) in [6, 6.07) is 10.7. The predicted octanol–water partition coefficient (Wildman–Crippen LogP) is 6.15. The molecule has 1 aromatic carbocycles. The van der Waals surface area contributed by atoms with E-state index in [1.807, 2.05) is 0 Å². The van der Waals surface area contributed by atoms with Gasteiger partial charge in [-0.2, -0.15) is 9.65 Å². The highest BCUT2D eigenvalue weighted by Gasteiger charge is 2.20. The maximum Gasteiger partial charge on any atom is 0.196 e. The van der Waals surface area contributed by atoms with Gasteiger partial charge in [0.25, 0.3) is 0 Å². The Balaban J connectivity index is 1.72. The summed E-state index contributed by atoms with van der Waals surface area (Å²) in [7, 11) is 0. The molecule has 124 valence electrons. The first-order valence-electron chi connectivity index (χ1n) is 9.06. The van der Waals surface area contributed by atoms with Crippen LogP contribution in [0.25, 0.3) is 0 Å². The number of benzene rings is 1. The van der Waals surface area contributed by atoms with Crippen LogP contribution in [0.4, 0.5) is 4.39 Å². The number of hydrogen-bond donors (Lipinski definition) is 0. The van der Waals surface area contributed by atoms with Crippen LogP contribution in [0.2, 0.25) is 0 Å². The Hall–Kier alpha value is -1.62. The van der Waals surface area contributed by atoms with E-state index in [1.165, 1.54) is 42.9 Å². The van der Waals surface area contributed by atoms with Gasteiger partial charge in [0.15, 0.2) is 5.83 Å². The summed E-state index contributed by atoms with van der Waals surface area (Å²) < 4.78 is 13.0. The van der Waals surface area contributed by atoms with Crippen molar-refractivity contribution in [3.63, 3.8) is 0 Å². The molecule has 1 saturated carbocycles. The number of aryl methyl sites for hydroxylation is 2. The number of nitrogens with zero attached hydrogens (tertiary/aromatic N) is 1. The van der Waals surface area contributed by atoms with E-state index < -0.39 is 5.83 Å². The second-order valence-corrected chi connectivity index (χ2v) is 6.87. The normalized spacial score (nSPS) is 21.9. The molecule has 1 aliphatic carbocycles. The zero-order chi connectivity index (χ0) is 16.5. The van der Waals surface area contributed by atoms with Gasteiger partial charge >= 0.3 is 0 Å². The molecule has 2 rings (SSSR count). The molecule has 0 aromatic heterocycles. The number of hydrogen-bond acceptors (Lipinski definition) is 1. The van der Waals surface area contributed by atoms with Crippen LogP contribution in [0.15, 0.2) is 36.2 Å². The molecular formula is C21H28FN. The summed E-state index contributed by atoms with van der Waals surface area (Å²) in [6.45, 7) is 2.23. The van der Waals surface area contributed by atoms with Crippen LogP contribution in [0.3, 0.4) is 0 Å². The quantitative estimate of drug-likeness (QED) is 0.554. The largest absolute Gasteiger partial charge is 0.196 e. The summed E-state index contributed by atoms with van der Waals surface area (Å²) in [5.41, 5.74) is 2.88. The second-order valence-electron chi connectivity index (χ2n) is 6.87. The molecule has 0 spiro atoms. The van der Waals surface area contributed by atoms with E-state index in [0.717, 1.165) is 38.0 Å². The minimum atomic E-state index is -0.614. The lowest BCUT2D eigenvalue weighted by Gasteiger charge is -2.26. The van der Waals surface area contributed by atoms with Gasteiger partial charge in [-0.3, -0.25) is 0 Å². The van der Waals surface area contributed by atoms with Gasteiger partial charge in [-0.25, -0.2) is 0 Å². The number of rotatable bonds is 7. The van der Waals surface area contributed by atoms with Gasteiger partial charge in [-0.05, 0) is 80.4 Å². The lowest BCUT2D eigenvalue weighted by molar-refractivity contribution is 0.294. The van der Waals surface area contributed by atoms with Gasteiger partial charge in [0.1, 0.15) is 6.07 Å². The smallest absolute Gasteiger partial charge is 0.195 e. The van der Waals surface area contributed by atoms with Crippen LogP contribution in [0.1, 0.15) is 63.0 Å². The van der Waals surface area contributed by atoms with Crippen molar-refractivity contribution in [1.82, 2.24) is 0 Å². The fraction of sp³-hybridized carbons (Fsp3) is 0.571. The summed E-state index contributed by atoms with van der Waals surface area (Å²) in [5.74, 6) is 0.407. The zero-order valence-corrected chi connectivity index (χ0v) is 14.2. The molecule has 0 amide bonds. The van der Waals surface area contributed by atoms with Gasteiger partial charge in [0.2, 0.25) is 0 Å². The van der Waals surface area contributed by atoms with Gasteiger partial charge in [-0.15, -0.1) is 0 Å². The van der Waals surface area contributed by atoms with Crippen LogP contribution in [-0.4, -0.2) is 0 Å². The molecular weight excluding hydrogens is 285 g/mol. The standard InChI is InChI=1S/C21H28FN/c1-2-3-4-17-5-7-18(8-6-17)9-10-19-11-13-20(14-12-19)15-21(22)16-23/h5-8,15,19-20H,2-4,9-14H2,1H3/b21-15+. The molecule has 1 aliphatic rings. The highest BCUT2D eigenvalue weighted by Crippen LogP contribution is 2.33. The first-order valence-corrected chi connectivity index (χ1v) is 9.06. The molecule has 23 heavy (non-hydrogen) atoms. The summed E-state index contributed by atoms with van der Waals surface area (Å²) in [6.07, 6.45) is 12.0. The molecule has 0 unspecified atom stereocenters. The van der Waals surface area contributed by atoms with Crippen molar-refractivity contribution >= 4 is 0 Å². The highest BCUT2D eigenvalue weighted by atomic mass is 19.1. The Morgan fingerprint density at radius 1 is 1.13 bits per heavy atom. The van der Waals surface area contributed by atoms with Crippen molar-refractivity contribution in [3.05, 3.63) is 47.3 Å². The van der Waals surface area contributed by atoms with Crippen molar-refractivity contribution < 1.29 is 4.39 Å². The van der Waals surface area contributed by atoms with E-state index in [2.05, 4.69) is 31.2 Å². The first-order chi connectivity index (χ1) is 11.2. The molecule has 0 N–H and O–H groups in total. The van der Waals surface area contributed by atoms with Crippen molar-refractivity contribution in [1.29, 1.82) is 5.26 Å². The minimum Gasteiger partial charge on any atom is -0.195 e. The maximum absolute atomic E-state index is 13.0. The van der Waals surface area contributed by atoms with Crippen molar-refractivity contribution in [2.45, 2.75) is 64.7 Å². The highest BCUT2D eigenvalue weighted by molar-refractivity contribution is 5.22. The Bertz CT molecular complexity index is 530. The number of halogens is 1. The lowest BCUT2D eigenvalue weighted by Crippen LogP contribution is -2.14. The predicted molar refractivity (Wildman–Crippen MR) is 93.6 cm³/mol. The zero-order valence-electron chi connectivity index (χ0n) is 14.2. The fourth-order valence-corrected chi connectivity index (χ4v) is 3.51. The summed E-state index contributed by atoms with van der Waals surface area (Å²) in [4.78, 5) is 0. The third kappa shape index (κ3) is 6.18. The van der Waals surface area contributed by atoms with E-state index in [0.29, 0.717) is 0 Å². The molecule has 1 fully saturated rings. The van der Waals surface area contributed by atoms with Crippen molar-refractivity contribution in [3.8, 4) is 6.07 Å². The van der Waals surface area contributed by atoms with Crippen LogP contribution >= 0.6 is 0 Å². The van der Waals surface area contributed by atoms with E-state index in [9.17, 15) is 4.39 Å². The van der Waals surface area contributed by atoms with E-state index in [4.69, 9.17) is 5.26 Å². The Kier molecular flexibility index (Phi) is 7.33. The topological polar surface area (TPSA) is 23.8 Å². The number of unbranched alkanes of at least 4 members (excludes halogenated alkanes) is 1. The van der Waals surface area contributed by atoms with Crippen LogP contribution in [-0.2, 0) is 12.8 Å². The average molecular weight is 313 g/mol. The van der Waals surface area contributed by atoms with Gasteiger partial charge < -0.3 is 0 Å². The third-order valence-electron chi connectivity index (χ3n) is 5.06. The van der Waals surface area contributed by atoms with Gasteiger partial charge in [-0.1, -0.05) is 37.6 Å². The lowest BCUT2D eigenvalue weighted by atomic mass is 9.79. The molecule has 1 nitrogen and oxygen atoms in total. The van der Waals surface area contributed by atoms with Gasteiger partial charge in [0.05, 0.1) is 0 Å². The Labute approximate surface area is 140 Å². The second kappa shape index (κ2) is 9.50. The number of nitriles is 1. The van der Waals surface area contributed by atoms with Gasteiger partial charge in [0, 0.05) is 0 Å². The van der Waals surface area contributed by atoms with Crippen LogP contribution in [0.5, 0.6) is 0 Å². The molecule has 0 bridgehead atoms. The molecule has 0 saturated heterocycles. The van der Waals surface area contributed by atoms with Crippen molar-refractivity contribution in [2.75, 3.05) is 0 Å². The van der Waals surface area contributed by atoms with Crippen LogP contribution in [0, 0.1) is 23.2 Å². The maximum atomic E-state index is 13.0. The van der Waals surface area contributed by atoms with E-state index in [1.54, 1.807) is 6.07 Å². The average Bonchev–Trinajstić information content (AvgIpc) is 2.60. The number of allylic oxidation sites excluding steroid dienone is 2. The summed E-state index contributed by atoms with van der Waals surface area (Å²) in [5, 5.41) is 8.50. The van der Waals surface area contributed by atoms with Crippen molar-refractivity contribution in [2.24, 2.45) is 11.8 Å². The monoisotopic (exact) mass is 313 g/mol. The molecule has 1 aromatic rings. The summed E-state index contributed by atoms with van der Waals surface area (Å²) >= 11 is 0. The third-order valence-corrected chi connectivity index (χ3v) is 5.06. The molecule has 0 aliphatic heterocycles. The first kappa shape index (κ1) is 17.7. The molecule has 0 radical (unpaired) electrons. The van der Waals surface area contributed by atoms with Crippen LogP contribution < -0.4 is 0 Å². The Morgan fingerprint density at radius 2 is 1.74 bits per heavy atom. The minimum absolute atomic E-state index is 0.267. The SMILES string of the molecule is CCCCc1ccc(CCC2CCC(/C=C(/F)C#N)CC2)cc1. The van der Waals surface area contributed by atoms with E-state index in [-0.39, 0.29) is 5.92 Å². The molecule has 2 heteroatoms. The fourth-order valence-electron chi connectivity index (χ4n) is 3.51. The molecule has 0 atom stereocenters. The van der Waals surface area contributed by atoms with E-state index >= 15 is 0 Å². The molecule has 0 heterocycles. The Morgan fingerprint density at radius 3 is 2.30 bits per heavy atom.